The number of nitrogens with zero attached hydrogens (tertiary/aromatic N) is 1. The topological polar surface area (TPSA) is 115 Å². The Morgan fingerprint density at radius 3 is 2.38 bits per heavy atom. The highest BCUT2D eigenvalue weighted by atomic mass is 32.2. The number of para-hydroxylation sites is 2. The third kappa shape index (κ3) is 3.56. The lowest BCUT2D eigenvalue weighted by Crippen LogP contribution is -2.15. The average Bonchev–Trinajstić information content (AvgIpc) is 2.44. The van der Waals surface area contributed by atoms with Gasteiger partial charge in [0.1, 0.15) is 4.90 Å². The van der Waals surface area contributed by atoms with Crippen molar-refractivity contribution in [2.75, 3.05) is 5.32 Å². The van der Waals surface area contributed by atoms with Crippen LogP contribution in [-0.4, -0.2) is 13.3 Å². The van der Waals surface area contributed by atoms with Crippen LogP contribution in [-0.2, 0) is 16.6 Å². The van der Waals surface area contributed by atoms with E-state index in [1.165, 1.54) is 12.1 Å². The van der Waals surface area contributed by atoms with Crippen molar-refractivity contribution in [2.24, 2.45) is 5.14 Å². The molecule has 0 saturated heterocycles. The molecule has 7 nitrogen and oxygen atoms in total. The Bertz CT molecular complexity index is 774. The van der Waals surface area contributed by atoms with Gasteiger partial charge in [-0.05, 0) is 12.1 Å². The molecule has 0 fully saturated rings. The van der Waals surface area contributed by atoms with Gasteiger partial charge in [0.2, 0.25) is 10.0 Å². The third-order valence-corrected chi connectivity index (χ3v) is 3.82. The zero-order valence-corrected chi connectivity index (χ0v) is 11.7. The Morgan fingerprint density at radius 2 is 1.71 bits per heavy atom. The molecule has 8 heteroatoms. The van der Waals surface area contributed by atoms with Crippen LogP contribution in [0.15, 0.2) is 53.4 Å². The second-order valence-electron chi connectivity index (χ2n) is 4.28. The van der Waals surface area contributed by atoms with E-state index < -0.39 is 14.9 Å². The van der Waals surface area contributed by atoms with Crippen molar-refractivity contribution in [3.05, 3.63) is 64.2 Å². The number of benzene rings is 2. The molecule has 0 aliphatic rings. The van der Waals surface area contributed by atoms with E-state index in [9.17, 15) is 18.5 Å². The third-order valence-electron chi connectivity index (χ3n) is 2.85. The van der Waals surface area contributed by atoms with Crippen LogP contribution in [0.5, 0.6) is 0 Å². The molecule has 2 aromatic carbocycles. The van der Waals surface area contributed by atoms with Gasteiger partial charge in [-0.25, -0.2) is 13.6 Å². The SMILES string of the molecule is NS(=O)(=O)c1ccccc1NCc1ccccc1[N+](=O)[O-]. The van der Waals surface area contributed by atoms with E-state index in [1.54, 1.807) is 36.4 Å². The first-order valence-electron chi connectivity index (χ1n) is 5.97. The van der Waals surface area contributed by atoms with Crippen molar-refractivity contribution < 1.29 is 13.3 Å². The number of hydrogen-bond donors (Lipinski definition) is 2. The Labute approximate surface area is 121 Å². The highest BCUT2D eigenvalue weighted by Crippen LogP contribution is 2.23. The van der Waals surface area contributed by atoms with Crippen molar-refractivity contribution in [3.8, 4) is 0 Å². The molecule has 0 heterocycles. The fraction of sp³-hybridized carbons (Fsp3) is 0.0769. The first-order valence-corrected chi connectivity index (χ1v) is 7.52. The lowest BCUT2D eigenvalue weighted by atomic mass is 10.2. The van der Waals surface area contributed by atoms with Crippen LogP contribution in [0.4, 0.5) is 11.4 Å². The lowest BCUT2D eigenvalue weighted by molar-refractivity contribution is -0.385. The van der Waals surface area contributed by atoms with E-state index in [2.05, 4.69) is 5.32 Å². The van der Waals surface area contributed by atoms with Gasteiger partial charge in [0.25, 0.3) is 5.69 Å². The molecule has 0 aliphatic heterocycles. The van der Waals surface area contributed by atoms with Gasteiger partial charge in [-0.1, -0.05) is 30.3 Å². The van der Waals surface area contributed by atoms with E-state index >= 15 is 0 Å². The van der Waals surface area contributed by atoms with Crippen molar-refractivity contribution in [1.29, 1.82) is 0 Å². The molecule has 110 valence electrons. The Morgan fingerprint density at radius 1 is 1.10 bits per heavy atom. The molecule has 0 spiro atoms. The number of primary sulfonamides is 1. The van der Waals surface area contributed by atoms with E-state index in [0.29, 0.717) is 11.3 Å². The summed E-state index contributed by atoms with van der Waals surface area (Å²) >= 11 is 0. The second kappa shape index (κ2) is 5.90. The predicted octanol–water partition coefficient (Wildman–Crippen LogP) is 1.85. The maximum Gasteiger partial charge on any atom is 0.274 e. The standard InChI is InChI=1S/C13H13N3O4S/c14-21(19,20)13-8-4-2-6-11(13)15-9-10-5-1-3-7-12(10)16(17)18/h1-8,15H,9H2,(H2,14,19,20). The molecule has 2 aromatic rings. The summed E-state index contributed by atoms with van der Waals surface area (Å²) in [6.45, 7) is 0.115. The van der Waals surface area contributed by atoms with Crippen LogP contribution in [0, 0.1) is 10.1 Å². The predicted molar refractivity (Wildman–Crippen MR) is 78.2 cm³/mol. The summed E-state index contributed by atoms with van der Waals surface area (Å²) in [6.07, 6.45) is 0. The first-order chi connectivity index (χ1) is 9.89. The fourth-order valence-corrected chi connectivity index (χ4v) is 2.60. The highest BCUT2D eigenvalue weighted by Gasteiger charge is 2.15. The van der Waals surface area contributed by atoms with Crippen LogP contribution in [0.3, 0.4) is 0 Å². The van der Waals surface area contributed by atoms with Gasteiger partial charge in [0.15, 0.2) is 0 Å². The fourth-order valence-electron chi connectivity index (χ4n) is 1.89. The molecule has 21 heavy (non-hydrogen) atoms. The summed E-state index contributed by atoms with van der Waals surface area (Å²) in [5.41, 5.74) is 0.725. The molecule has 0 amide bonds. The molecule has 0 atom stereocenters. The van der Waals surface area contributed by atoms with E-state index in [0.717, 1.165) is 0 Å². The molecule has 0 aromatic heterocycles. The zero-order valence-electron chi connectivity index (χ0n) is 10.9. The quantitative estimate of drug-likeness (QED) is 0.646. The van der Waals surface area contributed by atoms with Gasteiger partial charge in [0.05, 0.1) is 10.6 Å². The Hall–Kier alpha value is -2.45. The van der Waals surface area contributed by atoms with Crippen LogP contribution < -0.4 is 10.5 Å². The summed E-state index contributed by atoms with van der Waals surface area (Å²) in [5, 5.41) is 18.9. The number of nitro groups is 1. The zero-order chi connectivity index (χ0) is 15.5. The molecule has 0 unspecified atom stereocenters. The van der Waals surface area contributed by atoms with Gasteiger partial charge in [-0.3, -0.25) is 10.1 Å². The van der Waals surface area contributed by atoms with Gasteiger partial charge in [-0.2, -0.15) is 0 Å². The number of nitro benzene ring substituents is 1. The second-order valence-corrected chi connectivity index (χ2v) is 5.81. The van der Waals surface area contributed by atoms with Crippen molar-refractivity contribution >= 4 is 21.4 Å². The summed E-state index contributed by atoms with van der Waals surface area (Å²) in [6, 6.07) is 12.4. The van der Waals surface area contributed by atoms with E-state index in [1.807, 2.05) is 0 Å². The number of hydrogen-bond acceptors (Lipinski definition) is 5. The molecule has 0 bridgehead atoms. The normalized spacial score (nSPS) is 11.1. The van der Waals surface area contributed by atoms with E-state index in [-0.39, 0.29) is 17.1 Å². The minimum absolute atomic E-state index is 0.0295. The smallest absolute Gasteiger partial charge is 0.274 e. The summed E-state index contributed by atoms with van der Waals surface area (Å²) in [4.78, 5) is 10.4. The van der Waals surface area contributed by atoms with Crippen LogP contribution in [0.2, 0.25) is 0 Å². The lowest BCUT2D eigenvalue weighted by Gasteiger charge is -2.10. The van der Waals surface area contributed by atoms with Crippen molar-refractivity contribution in [1.82, 2.24) is 0 Å². The summed E-state index contributed by atoms with van der Waals surface area (Å²) < 4.78 is 22.9. The van der Waals surface area contributed by atoms with E-state index in [4.69, 9.17) is 5.14 Å². The van der Waals surface area contributed by atoms with Gasteiger partial charge in [-0.15, -0.1) is 0 Å². The monoisotopic (exact) mass is 307 g/mol. The largest absolute Gasteiger partial charge is 0.380 e. The molecule has 2 rings (SSSR count). The van der Waals surface area contributed by atoms with Gasteiger partial charge < -0.3 is 5.32 Å². The number of nitrogens with one attached hydrogen (secondary N) is 1. The molecule has 0 radical (unpaired) electrons. The summed E-state index contributed by atoms with van der Waals surface area (Å²) in [5.74, 6) is 0. The van der Waals surface area contributed by atoms with Crippen molar-refractivity contribution in [3.63, 3.8) is 0 Å². The molecule has 0 aliphatic carbocycles. The Kier molecular flexibility index (Phi) is 4.20. The molecular weight excluding hydrogens is 294 g/mol. The molecule has 0 saturated carbocycles. The van der Waals surface area contributed by atoms with Crippen LogP contribution in [0.1, 0.15) is 5.56 Å². The maximum absolute atomic E-state index is 11.5. The number of rotatable bonds is 5. The number of nitrogens with two attached hydrogens (primary N) is 1. The maximum atomic E-state index is 11.5. The van der Waals surface area contributed by atoms with Crippen LogP contribution >= 0.6 is 0 Å². The Balaban J connectivity index is 2.28. The van der Waals surface area contributed by atoms with Crippen LogP contribution in [0.25, 0.3) is 0 Å². The highest BCUT2D eigenvalue weighted by molar-refractivity contribution is 7.89. The first kappa shape index (κ1) is 14.9. The molecule has 3 N–H and O–H groups in total. The molecular formula is C13H13N3O4S. The average molecular weight is 307 g/mol. The van der Waals surface area contributed by atoms with Gasteiger partial charge >= 0.3 is 0 Å². The number of sulfonamides is 1. The summed E-state index contributed by atoms with van der Waals surface area (Å²) in [7, 11) is -3.86. The van der Waals surface area contributed by atoms with Gasteiger partial charge in [0, 0.05) is 18.2 Å². The van der Waals surface area contributed by atoms with Crippen molar-refractivity contribution in [2.45, 2.75) is 11.4 Å². The minimum Gasteiger partial charge on any atom is -0.380 e. The number of anilines is 1. The minimum atomic E-state index is -3.86.